The fraction of sp³-hybridized carbons (Fsp3) is 1.00. The molecular weight excluding hydrogens is 180 g/mol. The monoisotopic (exact) mass is 194 g/mol. The van der Waals surface area contributed by atoms with Crippen LogP contribution < -0.4 is 18.1 Å². The molecule has 0 aromatic rings. The zero-order chi connectivity index (χ0) is 7.95. The first kappa shape index (κ1) is 10.2. The van der Waals surface area contributed by atoms with E-state index in [1.807, 2.05) is 0 Å². The Morgan fingerprint density at radius 1 is 1.25 bits per heavy atom. The van der Waals surface area contributed by atoms with Crippen LogP contribution in [0.4, 0.5) is 0 Å². The molecule has 0 unspecified atom stereocenters. The van der Waals surface area contributed by atoms with E-state index in [2.05, 4.69) is 7.05 Å². The number of ether oxygens (including phenoxy) is 2. The molecule has 5 heteroatoms. The number of morpholine rings is 2. The maximum absolute atomic E-state index is 5.83. The Morgan fingerprint density at radius 2 is 1.75 bits per heavy atom. The topological polar surface area (TPSA) is 44.5 Å². The van der Waals surface area contributed by atoms with Crippen LogP contribution in [0, 0.1) is 0 Å². The van der Waals surface area contributed by atoms with Gasteiger partial charge in [-0.25, -0.2) is 0 Å². The van der Waals surface area contributed by atoms with E-state index in [1.54, 1.807) is 0 Å². The van der Waals surface area contributed by atoms with Crippen LogP contribution >= 0.6 is 0 Å². The predicted molar refractivity (Wildman–Crippen MR) is 39.6 cm³/mol. The molecule has 4 nitrogen and oxygen atoms in total. The number of nitrogens with zero attached hydrogens (tertiary/aromatic N) is 1. The number of quaternary nitrogens is 1. The summed E-state index contributed by atoms with van der Waals surface area (Å²) in [5.74, 6) is -0.786. The minimum atomic E-state index is -0.786. The van der Waals surface area contributed by atoms with E-state index in [-0.39, 0.29) is 12.4 Å². The van der Waals surface area contributed by atoms with Gasteiger partial charge in [0.15, 0.2) is 0 Å². The van der Waals surface area contributed by atoms with Gasteiger partial charge in [-0.15, -0.1) is 0 Å². The summed E-state index contributed by atoms with van der Waals surface area (Å²) >= 11 is 0. The molecule has 0 saturated carbocycles. The molecule has 72 valence electrons. The van der Waals surface area contributed by atoms with E-state index < -0.39 is 5.91 Å². The number of rotatable bonds is 0. The molecule has 0 aromatic heterocycles. The Labute approximate surface area is 78.6 Å². The number of halogens is 1. The van der Waals surface area contributed by atoms with Crippen molar-refractivity contribution < 1.29 is 26.4 Å². The zero-order valence-electron chi connectivity index (χ0n) is 7.25. The van der Waals surface area contributed by atoms with Gasteiger partial charge < -0.3 is 26.4 Å². The van der Waals surface area contributed by atoms with E-state index in [9.17, 15) is 0 Å². The first-order valence-corrected chi connectivity index (χ1v) is 4.02. The molecule has 2 rings (SSSR count). The van der Waals surface area contributed by atoms with Gasteiger partial charge in [-0.05, 0) is 0 Å². The summed E-state index contributed by atoms with van der Waals surface area (Å²) in [4.78, 5) is 0. The van der Waals surface area contributed by atoms with Gasteiger partial charge in [0.05, 0.1) is 7.05 Å². The van der Waals surface area contributed by atoms with Crippen LogP contribution in [0.2, 0.25) is 0 Å². The normalized spacial score (nSPS) is 46.5. The third-order valence-corrected chi connectivity index (χ3v) is 2.56. The van der Waals surface area contributed by atoms with E-state index in [1.165, 1.54) is 0 Å². The standard InChI is InChI=1S/C7H15N2O2.ClH/c1-9-2-4-10-7(8,6-9)11-5-3-9;/h2-6,8H2,1H3;1H/q+1;/p-1. The second-order valence-electron chi connectivity index (χ2n) is 3.73. The van der Waals surface area contributed by atoms with Crippen molar-refractivity contribution in [3.63, 3.8) is 0 Å². The van der Waals surface area contributed by atoms with Crippen LogP contribution in [0.5, 0.6) is 0 Å². The largest absolute Gasteiger partial charge is 1.00 e. The minimum Gasteiger partial charge on any atom is -1.00 e. The van der Waals surface area contributed by atoms with E-state index in [4.69, 9.17) is 15.2 Å². The second kappa shape index (κ2) is 3.12. The van der Waals surface area contributed by atoms with Crippen molar-refractivity contribution >= 4 is 0 Å². The van der Waals surface area contributed by atoms with Crippen LogP contribution in [0.3, 0.4) is 0 Å². The molecular formula is C7H15ClN2O2. The smallest absolute Gasteiger partial charge is 0.277 e. The van der Waals surface area contributed by atoms with Crippen LogP contribution in [0.25, 0.3) is 0 Å². The van der Waals surface area contributed by atoms with Gasteiger partial charge in [0.25, 0.3) is 5.91 Å². The quantitative estimate of drug-likeness (QED) is 0.401. The number of hydrogen-bond acceptors (Lipinski definition) is 3. The third-order valence-electron chi connectivity index (χ3n) is 2.56. The molecule has 0 aromatic carbocycles. The molecule has 2 aliphatic heterocycles. The summed E-state index contributed by atoms with van der Waals surface area (Å²) in [5.41, 5.74) is 5.83. The first-order valence-electron chi connectivity index (χ1n) is 4.02. The van der Waals surface area contributed by atoms with Crippen molar-refractivity contribution in [2.24, 2.45) is 5.73 Å². The highest BCUT2D eigenvalue weighted by molar-refractivity contribution is 4.69. The molecule has 2 bridgehead atoms. The van der Waals surface area contributed by atoms with Crippen molar-refractivity contribution in [3.05, 3.63) is 0 Å². The molecule has 2 saturated heterocycles. The molecule has 0 radical (unpaired) electrons. The van der Waals surface area contributed by atoms with Crippen molar-refractivity contribution in [1.29, 1.82) is 0 Å². The average Bonchev–Trinajstić information content (AvgIpc) is 1.83. The summed E-state index contributed by atoms with van der Waals surface area (Å²) in [6, 6.07) is 0. The van der Waals surface area contributed by atoms with Crippen molar-refractivity contribution in [2.45, 2.75) is 5.91 Å². The fourth-order valence-electron chi connectivity index (χ4n) is 1.81. The van der Waals surface area contributed by atoms with Crippen LogP contribution in [0.15, 0.2) is 0 Å². The molecule has 12 heavy (non-hydrogen) atoms. The number of hydrogen-bond donors (Lipinski definition) is 1. The molecule has 2 heterocycles. The highest BCUT2D eigenvalue weighted by Crippen LogP contribution is 2.23. The predicted octanol–water partition coefficient (Wildman–Crippen LogP) is -3.89. The average molecular weight is 195 g/mol. The highest BCUT2D eigenvalue weighted by Gasteiger charge is 2.46. The summed E-state index contributed by atoms with van der Waals surface area (Å²) in [7, 11) is 2.20. The third kappa shape index (κ3) is 1.72. The first-order chi connectivity index (χ1) is 5.12. The Kier molecular flexibility index (Phi) is 2.66. The summed E-state index contributed by atoms with van der Waals surface area (Å²) < 4.78 is 11.7. The molecule has 0 spiro atoms. The second-order valence-corrected chi connectivity index (χ2v) is 3.73. The summed E-state index contributed by atoms with van der Waals surface area (Å²) in [5, 5.41) is 0. The molecule has 2 N–H and O–H groups in total. The van der Waals surface area contributed by atoms with Gasteiger partial charge in [0, 0.05) is 0 Å². The van der Waals surface area contributed by atoms with Gasteiger partial charge in [0.2, 0.25) is 0 Å². The van der Waals surface area contributed by atoms with Crippen LogP contribution in [-0.2, 0) is 9.47 Å². The number of fused-ring (bicyclic) bond motifs is 2. The maximum atomic E-state index is 5.83. The van der Waals surface area contributed by atoms with Crippen molar-refractivity contribution in [1.82, 2.24) is 0 Å². The lowest BCUT2D eigenvalue weighted by Gasteiger charge is -2.48. The fourth-order valence-corrected chi connectivity index (χ4v) is 1.81. The molecule has 0 amide bonds. The van der Waals surface area contributed by atoms with Crippen LogP contribution in [-0.4, -0.2) is 50.3 Å². The number of nitrogens with two attached hydrogens (primary N) is 1. The lowest BCUT2D eigenvalue weighted by molar-refractivity contribution is -0.939. The van der Waals surface area contributed by atoms with E-state index in [0.717, 1.165) is 24.1 Å². The maximum Gasteiger partial charge on any atom is 0.277 e. The minimum absolute atomic E-state index is 0. The van der Waals surface area contributed by atoms with Crippen molar-refractivity contribution in [2.75, 3.05) is 39.9 Å². The highest BCUT2D eigenvalue weighted by atomic mass is 35.5. The van der Waals surface area contributed by atoms with E-state index >= 15 is 0 Å². The summed E-state index contributed by atoms with van der Waals surface area (Å²) in [6.45, 7) is 4.33. The van der Waals surface area contributed by atoms with Gasteiger partial charge in [-0.3, -0.25) is 5.73 Å². The lowest BCUT2D eigenvalue weighted by atomic mass is 10.2. The number of likely N-dealkylation sites (N-methyl/N-ethyl adjacent to an activating group) is 1. The Bertz CT molecular complexity index is 151. The van der Waals surface area contributed by atoms with Gasteiger partial charge >= 0.3 is 0 Å². The van der Waals surface area contributed by atoms with Crippen molar-refractivity contribution in [3.8, 4) is 0 Å². The van der Waals surface area contributed by atoms with Gasteiger partial charge in [-0.2, -0.15) is 0 Å². The Morgan fingerprint density at radius 3 is 2.08 bits per heavy atom. The Balaban J connectivity index is 0.000000720. The van der Waals surface area contributed by atoms with E-state index in [0.29, 0.717) is 13.2 Å². The SMILES string of the molecule is C[N+]12CCOC(N)(C1)OCC2.[Cl-]. The van der Waals surface area contributed by atoms with Crippen LogP contribution in [0.1, 0.15) is 0 Å². The van der Waals surface area contributed by atoms with Gasteiger partial charge in [0.1, 0.15) is 32.8 Å². The molecule has 2 fully saturated rings. The lowest BCUT2D eigenvalue weighted by Crippen LogP contribution is -3.00. The summed E-state index contributed by atoms with van der Waals surface area (Å²) in [6.07, 6.45) is 0. The van der Waals surface area contributed by atoms with Gasteiger partial charge in [-0.1, -0.05) is 0 Å². The molecule has 0 aliphatic carbocycles. The molecule has 2 aliphatic rings. The molecule has 0 atom stereocenters. The zero-order valence-corrected chi connectivity index (χ0v) is 8.01. The Hall–Kier alpha value is 0.130.